The first-order chi connectivity index (χ1) is 20.5. The second-order valence-corrected chi connectivity index (χ2v) is 13.7. The predicted octanol–water partition coefficient (Wildman–Crippen LogP) is 3.74. The van der Waals surface area contributed by atoms with Crippen LogP contribution in [-0.4, -0.2) is 41.6 Å². The highest BCUT2D eigenvalue weighted by molar-refractivity contribution is 8.00. The van der Waals surface area contributed by atoms with E-state index in [1.807, 2.05) is 43.5 Å². The van der Waals surface area contributed by atoms with Crippen LogP contribution >= 0.6 is 23.1 Å². The molecule has 0 aliphatic rings. The largest absolute Gasteiger partial charge is 0.356 e. The number of carbonyl (C=O) groups is 2. The molecule has 0 aliphatic carbocycles. The topological polar surface area (TPSA) is 153 Å². The molecule has 0 spiro atoms. The number of hydrogen-bond acceptors (Lipinski definition) is 8. The Balaban J connectivity index is 1.34. The first-order valence-corrected chi connectivity index (χ1v) is 17.2. The number of aryl methyl sites for hydroxylation is 1. The van der Waals surface area contributed by atoms with Crippen LogP contribution in [0.4, 0.5) is 0 Å². The minimum Gasteiger partial charge on any atom is -0.356 e. The van der Waals surface area contributed by atoms with Gasteiger partial charge in [0.25, 0.3) is 5.56 Å². The number of thioether (sulfide) groups is 1. The smallest absolute Gasteiger partial charge is 0.272 e. The average Bonchev–Trinajstić information content (AvgIpc) is 3.45. The number of thiophene rings is 1. The summed E-state index contributed by atoms with van der Waals surface area (Å²) in [5.41, 5.74) is 3.44. The maximum atomic E-state index is 13.4. The van der Waals surface area contributed by atoms with Crippen LogP contribution in [0.25, 0.3) is 10.2 Å². The zero-order valence-corrected chi connectivity index (χ0v) is 26.5. The summed E-state index contributed by atoms with van der Waals surface area (Å²) in [5.74, 6) is -0.284. The molecule has 0 aliphatic heterocycles. The minimum atomic E-state index is -3.75. The van der Waals surface area contributed by atoms with Crippen LogP contribution in [0.2, 0.25) is 0 Å². The molecule has 2 heterocycles. The highest BCUT2D eigenvalue weighted by Gasteiger charge is 2.22. The Bertz CT molecular complexity index is 1730. The summed E-state index contributed by atoms with van der Waals surface area (Å²) in [6.07, 6.45) is 1.70. The zero-order chi connectivity index (χ0) is 31.0. The van der Waals surface area contributed by atoms with Gasteiger partial charge in [-0.3, -0.25) is 19.0 Å². The van der Waals surface area contributed by atoms with Crippen molar-refractivity contribution in [2.75, 3.05) is 6.54 Å². The molecule has 2 aromatic carbocycles. The summed E-state index contributed by atoms with van der Waals surface area (Å²) in [5, 5.41) is 12.8. The fourth-order valence-electron chi connectivity index (χ4n) is 4.35. The third kappa shape index (κ3) is 8.99. The van der Waals surface area contributed by atoms with Gasteiger partial charge in [0.05, 0.1) is 15.7 Å². The van der Waals surface area contributed by atoms with Crippen LogP contribution in [0.5, 0.6) is 0 Å². The molecule has 4 aromatic rings. The van der Waals surface area contributed by atoms with Crippen molar-refractivity contribution < 1.29 is 18.0 Å². The molecule has 0 saturated heterocycles. The monoisotopic (exact) mass is 641 g/mol. The predicted molar refractivity (Wildman–Crippen MR) is 171 cm³/mol. The van der Waals surface area contributed by atoms with E-state index in [0.717, 1.165) is 16.7 Å². The lowest BCUT2D eigenvalue weighted by atomic mass is 10.1. The van der Waals surface area contributed by atoms with E-state index in [2.05, 4.69) is 10.6 Å². The Morgan fingerprint density at radius 3 is 2.42 bits per heavy atom. The number of carbonyl (C=O) groups excluding carboxylic acids is 2. The van der Waals surface area contributed by atoms with Gasteiger partial charge in [-0.15, -0.1) is 11.3 Å². The normalized spacial score (nSPS) is 12.3. The third-order valence-electron chi connectivity index (χ3n) is 6.80. The van der Waals surface area contributed by atoms with Crippen molar-refractivity contribution in [2.45, 2.75) is 67.9 Å². The maximum Gasteiger partial charge on any atom is 0.272 e. The number of nitrogens with two attached hydrogens (primary N) is 1. The number of aromatic nitrogens is 2. The van der Waals surface area contributed by atoms with Gasteiger partial charge in [-0.25, -0.2) is 18.5 Å². The zero-order valence-electron chi connectivity index (χ0n) is 24.0. The van der Waals surface area contributed by atoms with E-state index in [4.69, 9.17) is 10.1 Å². The van der Waals surface area contributed by atoms with Gasteiger partial charge in [-0.2, -0.15) is 0 Å². The van der Waals surface area contributed by atoms with Gasteiger partial charge in [-0.05, 0) is 60.9 Å². The van der Waals surface area contributed by atoms with Crippen LogP contribution < -0.4 is 21.3 Å². The first kappa shape index (κ1) is 32.4. The van der Waals surface area contributed by atoms with E-state index in [1.165, 1.54) is 35.2 Å². The SMILES string of the molecule is CC[C@@H](Sc1nc2ccsc2c(=O)n1CCCC(=O)NCCc1ccc(S(N)(=O)=O)cc1)C(=O)NCc1ccc(C)cc1. The highest BCUT2D eigenvalue weighted by Crippen LogP contribution is 2.26. The summed E-state index contributed by atoms with van der Waals surface area (Å²) in [7, 11) is -3.75. The van der Waals surface area contributed by atoms with Crippen LogP contribution in [0.3, 0.4) is 0 Å². The second kappa shape index (κ2) is 14.8. The second-order valence-electron chi connectivity index (χ2n) is 10.1. The number of amides is 2. The Morgan fingerprint density at radius 2 is 1.74 bits per heavy atom. The number of sulfonamides is 1. The van der Waals surface area contributed by atoms with Crippen LogP contribution in [0.1, 0.15) is 42.9 Å². The Morgan fingerprint density at radius 1 is 1.05 bits per heavy atom. The average molecular weight is 642 g/mol. The Labute approximate surface area is 259 Å². The van der Waals surface area contributed by atoms with E-state index >= 15 is 0 Å². The molecule has 43 heavy (non-hydrogen) atoms. The quantitative estimate of drug-likeness (QED) is 0.140. The standard InChI is InChI=1S/C30H35N5O5S3/c1-3-25(28(37)33-19-22-8-6-20(2)7-9-22)42-30-34-24-15-18-41-27(24)29(38)35(30)17-4-5-26(36)32-16-14-21-10-12-23(13-11-21)43(31,39)40/h6-13,15,18,25H,3-5,14,16-17,19H2,1-2H3,(H,32,36)(H,33,37)(H2,31,39,40)/t25-/m1/s1. The van der Waals surface area contributed by atoms with Gasteiger partial charge >= 0.3 is 0 Å². The van der Waals surface area contributed by atoms with Gasteiger partial charge in [0.1, 0.15) is 4.70 Å². The number of nitrogens with zero attached hydrogens (tertiary/aromatic N) is 2. The number of primary sulfonamides is 1. The minimum absolute atomic E-state index is 0.0384. The van der Waals surface area contributed by atoms with Gasteiger partial charge < -0.3 is 10.6 Å². The van der Waals surface area contributed by atoms with Crippen LogP contribution in [0.15, 0.2) is 74.8 Å². The summed E-state index contributed by atoms with van der Waals surface area (Å²) >= 11 is 2.59. The Hall–Kier alpha value is -3.52. The molecule has 0 fully saturated rings. The third-order valence-corrected chi connectivity index (χ3v) is 9.98. The van der Waals surface area contributed by atoms with Crippen molar-refractivity contribution in [2.24, 2.45) is 5.14 Å². The molecule has 13 heteroatoms. The molecule has 4 rings (SSSR count). The molecule has 0 saturated carbocycles. The fraction of sp³-hybridized carbons (Fsp3) is 0.333. The highest BCUT2D eigenvalue weighted by atomic mass is 32.2. The van der Waals surface area contributed by atoms with Crippen molar-refractivity contribution in [3.63, 3.8) is 0 Å². The first-order valence-electron chi connectivity index (χ1n) is 13.9. The van der Waals surface area contributed by atoms with Crippen molar-refractivity contribution in [1.29, 1.82) is 0 Å². The lowest BCUT2D eigenvalue weighted by Gasteiger charge is -2.17. The van der Waals surface area contributed by atoms with E-state index in [9.17, 15) is 22.8 Å². The van der Waals surface area contributed by atoms with Crippen molar-refractivity contribution in [1.82, 2.24) is 20.2 Å². The fourth-order valence-corrected chi connectivity index (χ4v) is 6.71. The number of fused-ring (bicyclic) bond motifs is 1. The summed E-state index contributed by atoms with van der Waals surface area (Å²) < 4.78 is 24.9. The van der Waals surface area contributed by atoms with E-state index in [-0.39, 0.29) is 35.2 Å². The molecule has 2 amide bonds. The number of hydrogen-bond donors (Lipinski definition) is 3. The van der Waals surface area contributed by atoms with Gasteiger partial charge in [0, 0.05) is 26.1 Å². The summed E-state index contributed by atoms with van der Waals surface area (Å²) in [6.45, 7) is 5.02. The summed E-state index contributed by atoms with van der Waals surface area (Å²) in [6, 6.07) is 16.0. The number of rotatable bonds is 14. The molecule has 4 N–H and O–H groups in total. The maximum absolute atomic E-state index is 13.4. The summed E-state index contributed by atoms with van der Waals surface area (Å²) in [4.78, 5) is 43.7. The Kier molecular flexibility index (Phi) is 11.1. The molecular weight excluding hydrogens is 607 g/mol. The van der Waals surface area contributed by atoms with Crippen molar-refractivity contribution in [3.05, 3.63) is 87.0 Å². The van der Waals surface area contributed by atoms with Crippen molar-refractivity contribution >= 4 is 55.2 Å². The molecule has 228 valence electrons. The van der Waals surface area contributed by atoms with E-state index < -0.39 is 15.3 Å². The lowest BCUT2D eigenvalue weighted by Crippen LogP contribution is -2.33. The van der Waals surface area contributed by atoms with Gasteiger partial charge in [0.2, 0.25) is 21.8 Å². The van der Waals surface area contributed by atoms with Crippen molar-refractivity contribution in [3.8, 4) is 0 Å². The number of benzene rings is 2. The molecule has 1 atom stereocenters. The lowest BCUT2D eigenvalue weighted by molar-refractivity contribution is -0.121. The van der Waals surface area contributed by atoms with Gasteiger partial charge in [-0.1, -0.05) is 60.6 Å². The molecule has 0 radical (unpaired) electrons. The van der Waals surface area contributed by atoms with Crippen LogP contribution in [-0.2, 0) is 39.1 Å². The van der Waals surface area contributed by atoms with Crippen LogP contribution in [0, 0.1) is 6.92 Å². The number of nitrogens with one attached hydrogen (secondary N) is 2. The van der Waals surface area contributed by atoms with E-state index in [1.54, 1.807) is 22.8 Å². The molecule has 2 aromatic heterocycles. The molecular formula is C30H35N5O5S3. The molecule has 10 nitrogen and oxygen atoms in total. The van der Waals surface area contributed by atoms with Gasteiger partial charge in [0.15, 0.2) is 5.16 Å². The molecule has 0 unspecified atom stereocenters. The van der Waals surface area contributed by atoms with E-state index in [0.29, 0.717) is 47.7 Å². The molecule has 0 bridgehead atoms.